The fourth-order valence-electron chi connectivity index (χ4n) is 4.61. The number of nitrogens with zero attached hydrogens (tertiary/aromatic N) is 1. The van der Waals surface area contributed by atoms with Crippen molar-refractivity contribution < 1.29 is 14.9 Å². The van der Waals surface area contributed by atoms with E-state index in [0.717, 1.165) is 38.2 Å². The van der Waals surface area contributed by atoms with Crippen molar-refractivity contribution in [3.05, 3.63) is 65.2 Å². The third kappa shape index (κ3) is 3.95. The van der Waals surface area contributed by atoms with Gasteiger partial charge >= 0.3 is 0 Å². The summed E-state index contributed by atoms with van der Waals surface area (Å²) in [6.07, 6.45) is 1.65. The van der Waals surface area contributed by atoms with Gasteiger partial charge in [-0.1, -0.05) is 42.5 Å². The highest BCUT2D eigenvalue weighted by molar-refractivity contribution is 5.41. The Bertz CT molecular complexity index is 811. The molecule has 2 atom stereocenters. The molecule has 0 aromatic heterocycles. The van der Waals surface area contributed by atoms with E-state index in [1.165, 1.54) is 16.7 Å². The zero-order valence-corrected chi connectivity index (χ0v) is 16.9. The Kier molecular flexibility index (Phi) is 5.21. The summed E-state index contributed by atoms with van der Waals surface area (Å²) in [7, 11) is 0. The number of aliphatic hydroxyl groups excluding tert-OH is 1. The molecule has 4 nitrogen and oxygen atoms in total. The Hall–Kier alpha value is -1.88. The van der Waals surface area contributed by atoms with Crippen molar-refractivity contribution in [1.82, 2.24) is 4.90 Å². The van der Waals surface area contributed by atoms with Gasteiger partial charge in [0.15, 0.2) is 0 Å². The molecular weight excluding hydrogens is 350 g/mol. The highest BCUT2D eigenvalue weighted by Crippen LogP contribution is 2.49. The number of likely N-dealkylation sites (tertiary alicyclic amines) is 1. The van der Waals surface area contributed by atoms with Gasteiger partial charge in [-0.3, -0.25) is 4.90 Å². The summed E-state index contributed by atoms with van der Waals surface area (Å²) in [6, 6.07) is 17.0. The summed E-state index contributed by atoms with van der Waals surface area (Å²) < 4.78 is 5.99. The first kappa shape index (κ1) is 19.4. The van der Waals surface area contributed by atoms with Crippen LogP contribution in [-0.2, 0) is 13.0 Å². The molecule has 2 aromatic rings. The van der Waals surface area contributed by atoms with Crippen molar-refractivity contribution in [2.24, 2.45) is 5.41 Å². The van der Waals surface area contributed by atoms with E-state index in [9.17, 15) is 10.2 Å². The Morgan fingerprint density at radius 1 is 1.11 bits per heavy atom. The van der Waals surface area contributed by atoms with E-state index in [-0.39, 0.29) is 12.0 Å². The highest BCUT2D eigenvalue weighted by Gasteiger charge is 2.50. The molecule has 0 saturated carbocycles. The van der Waals surface area contributed by atoms with Gasteiger partial charge in [-0.15, -0.1) is 0 Å². The number of aryl methyl sites for hydroxylation is 1. The molecule has 150 valence electrons. The second kappa shape index (κ2) is 7.51. The molecule has 2 aliphatic rings. The van der Waals surface area contributed by atoms with Gasteiger partial charge in [0.05, 0.1) is 18.8 Å². The summed E-state index contributed by atoms with van der Waals surface area (Å²) in [4.78, 5) is 2.44. The minimum atomic E-state index is -0.624. The van der Waals surface area contributed by atoms with Gasteiger partial charge in [-0.05, 0) is 49.4 Å². The van der Waals surface area contributed by atoms with Crippen molar-refractivity contribution in [1.29, 1.82) is 0 Å². The topological polar surface area (TPSA) is 52.9 Å². The largest absolute Gasteiger partial charge is 0.493 e. The molecule has 4 rings (SSSR count). The van der Waals surface area contributed by atoms with Crippen LogP contribution in [0.1, 0.15) is 42.9 Å². The lowest BCUT2D eigenvalue weighted by Crippen LogP contribution is -2.42. The van der Waals surface area contributed by atoms with E-state index in [0.29, 0.717) is 12.5 Å². The van der Waals surface area contributed by atoms with E-state index >= 15 is 0 Å². The molecule has 2 heterocycles. The van der Waals surface area contributed by atoms with Gasteiger partial charge in [0.2, 0.25) is 0 Å². The fourth-order valence-corrected chi connectivity index (χ4v) is 4.61. The van der Waals surface area contributed by atoms with Crippen molar-refractivity contribution in [2.75, 3.05) is 26.3 Å². The molecule has 4 heteroatoms. The molecular formula is C24H31NO3. The van der Waals surface area contributed by atoms with Gasteiger partial charge in [-0.2, -0.15) is 0 Å². The second-order valence-corrected chi connectivity index (χ2v) is 9.20. The average molecular weight is 382 g/mol. The Labute approximate surface area is 167 Å². The van der Waals surface area contributed by atoms with Crippen LogP contribution in [0, 0.1) is 5.41 Å². The van der Waals surface area contributed by atoms with E-state index < -0.39 is 5.60 Å². The van der Waals surface area contributed by atoms with Crippen LogP contribution in [0.5, 0.6) is 5.75 Å². The SMILES string of the molecule is CC(C)(O)CCc1ccc(CN2C[C@@H]3c4ccccc4OC[C@]3(CO)C2)cc1. The van der Waals surface area contributed by atoms with Crippen LogP contribution in [0.25, 0.3) is 0 Å². The first-order valence-electron chi connectivity index (χ1n) is 10.2. The van der Waals surface area contributed by atoms with Crippen LogP contribution in [0.3, 0.4) is 0 Å². The summed E-state index contributed by atoms with van der Waals surface area (Å²) in [5.74, 6) is 1.28. The van der Waals surface area contributed by atoms with Crippen molar-refractivity contribution in [2.45, 2.75) is 44.8 Å². The summed E-state index contributed by atoms with van der Waals surface area (Å²) in [5, 5.41) is 20.1. The van der Waals surface area contributed by atoms with Gasteiger partial charge < -0.3 is 14.9 Å². The smallest absolute Gasteiger partial charge is 0.122 e. The molecule has 2 N–H and O–H groups in total. The summed E-state index contributed by atoms with van der Waals surface area (Å²) in [6.45, 7) is 7.12. The van der Waals surface area contributed by atoms with Gasteiger partial charge in [0.1, 0.15) is 5.75 Å². The van der Waals surface area contributed by atoms with E-state index in [1.54, 1.807) is 0 Å². The molecule has 28 heavy (non-hydrogen) atoms. The predicted molar refractivity (Wildman–Crippen MR) is 111 cm³/mol. The number of rotatable bonds is 6. The van der Waals surface area contributed by atoms with Crippen LogP contribution >= 0.6 is 0 Å². The molecule has 0 unspecified atom stereocenters. The maximum atomic E-state index is 10.2. The van der Waals surface area contributed by atoms with Crippen molar-refractivity contribution >= 4 is 0 Å². The first-order chi connectivity index (χ1) is 13.4. The zero-order chi connectivity index (χ0) is 19.8. The fraction of sp³-hybridized carbons (Fsp3) is 0.500. The number of para-hydroxylation sites is 1. The number of ether oxygens (including phenoxy) is 1. The summed E-state index contributed by atoms with van der Waals surface area (Å²) >= 11 is 0. The van der Waals surface area contributed by atoms with Crippen LogP contribution < -0.4 is 4.74 Å². The second-order valence-electron chi connectivity index (χ2n) is 9.20. The zero-order valence-electron chi connectivity index (χ0n) is 16.9. The van der Waals surface area contributed by atoms with Crippen LogP contribution in [0.2, 0.25) is 0 Å². The van der Waals surface area contributed by atoms with Crippen LogP contribution in [0.4, 0.5) is 0 Å². The number of hydrogen-bond donors (Lipinski definition) is 2. The van der Waals surface area contributed by atoms with E-state index in [4.69, 9.17) is 4.74 Å². The summed E-state index contributed by atoms with van der Waals surface area (Å²) in [5.41, 5.74) is 2.94. The minimum Gasteiger partial charge on any atom is -0.493 e. The standard InChI is InChI=1S/C24H31NO3/c1-23(2,27)12-11-18-7-9-19(10-8-18)13-25-14-21-20-5-3-4-6-22(20)28-17-24(21,15-25)16-26/h3-10,21,26-27H,11-17H2,1-2H3/t21-,24-/m1/s1. The number of fused-ring (bicyclic) bond motifs is 3. The monoisotopic (exact) mass is 381 g/mol. The first-order valence-corrected chi connectivity index (χ1v) is 10.2. The van der Waals surface area contributed by atoms with Crippen molar-refractivity contribution in [3.63, 3.8) is 0 Å². The maximum absolute atomic E-state index is 10.2. The third-order valence-electron chi connectivity index (χ3n) is 6.30. The molecule has 2 aromatic carbocycles. The molecule has 0 radical (unpaired) electrons. The van der Waals surface area contributed by atoms with Crippen LogP contribution in [-0.4, -0.2) is 47.0 Å². The normalized spacial score (nSPS) is 24.5. The molecule has 0 amide bonds. The molecule has 1 fully saturated rings. The lowest BCUT2D eigenvalue weighted by molar-refractivity contribution is 0.0457. The predicted octanol–water partition coefficient (Wildman–Crippen LogP) is 3.36. The van der Waals surface area contributed by atoms with E-state index in [2.05, 4.69) is 41.3 Å². The lowest BCUT2D eigenvalue weighted by atomic mass is 9.74. The van der Waals surface area contributed by atoms with Crippen LogP contribution in [0.15, 0.2) is 48.5 Å². The Morgan fingerprint density at radius 2 is 1.82 bits per heavy atom. The van der Waals surface area contributed by atoms with Gasteiger partial charge in [-0.25, -0.2) is 0 Å². The highest BCUT2D eigenvalue weighted by atomic mass is 16.5. The Balaban J connectivity index is 1.44. The van der Waals surface area contributed by atoms with Gasteiger partial charge in [0.25, 0.3) is 0 Å². The van der Waals surface area contributed by atoms with Crippen molar-refractivity contribution in [3.8, 4) is 5.75 Å². The maximum Gasteiger partial charge on any atom is 0.122 e. The van der Waals surface area contributed by atoms with E-state index in [1.807, 2.05) is 26.0 Å². The Morgan fingerprint density at radius 3 is 2.54 bits per heavy atom. The average Bonchev–Trinajstić information content (AvgIpc) is 3.06. The molecule has 2 aliphatic heterocycles. The molecule has 0 bridgehead atoms. The quantitative estimate of drug-likeness (QED) is 0.806. The number of benzene rings is 2. The number of aliphatic hydroxyl groups is 2. The molecule has 0 aliphatic carbocycles. The lowest BCUT2D eigenvalue weighted by Gasteiger charge is -2.38. The minimum absolute atomic E-state index is 0.151. The number of hydrogen-bond acceptors (Lipinski definition) is 4. The third-order valence-corrected chi connectivity index (χ3v) is 6.30. The molecule has 0 spiro atoms. The molecule has 1 saturated heterocycles. The van der Waals surface area contributed by atoms with Gasteiger partial charge in [0, 0.05) is 31.0 Å².